The normalized spacial score (nSPS) is 19.4. The lowest BCUT2D eigenvalue weighted by molar-refractivity contribution is -0.145. The van der Waals surface area contributed by atoms with E-state index >= 15 is 0 Å². The monoisotopic (exact) mass is 315 g/mol. The molecule has 108 valence electrons. The highest BCUT2D eigenvalue weighted by Crippen LogP contribution is 2.22. The fourth-order valence-corrected chi connectivity index (χ4v) is 2.88. The van der Waals surface area contributed by atoms with Gasteiger partial charge in [0.25, 0.3) is 0 Å². The molecule has 2 rings (SSSR count). The van der Waals surface area contributed by atoms with E-state index in [0.717, 1.165) is 4.88 Å². The molecule has 1 amide bonds. The standard InChI is InChI=1S/C13H14ClNO4S/c14-11-3-1-10(20-11)2-4-12(16)15-5-6-19-9(8-15)7-13(17)18/h1-4,9H,5-8H2,(H,17,18)/b4-2+/t9-/m1/s1. The van der Waals surface area contributed by atoms with Gasteiger partial charge in [-0.1, -0.05) is 11.6 Å². The van der Waals surface area contributed by atoms with Crippen LogP contribution in [0.15, 0.2) is 18.2 Å². The number of carbonyl (C=O) groups excluding carboxylic acids is 1. The van der Waals surface area contributed by atoms with Crippen molar-refractivity contribution in [2.45, 2.75) is 12.5 Å². The van der Waals surface area contributed by atoms with Gasteiger partial charge in [-0.25, -0.2) is 0 Å². The van der Waals surface area contributed by atoms with Crippen molar-refractivity contribution in [2.24, 2.45) is 0 Å². The molecule has 0 saturated carbocycles. The number of carboxylic acids is 1. The van der Waals surface area contributed by atoms with Gasteiger partial charge in [-0.3, -0.25) is 9.59 Å². The Hall–Kier alpha value is -1.37. The number of nitrogens with zero attached hydrogens (tertiary/aromatic N) is 1. The smallest absolute Gasteiger partial charge is 0.306 e. The predicted molar refractivity (Wildman–Crippen MR) is 76.9 cm³/mol. The number of morpholine rings is 1. The lowest BCUT2D eigenvalue weighted by atomic mass is 10.2. The first kappa shape index (κ1) is 15.0. The summed E-state index contributed by atoms with van der Waals surface area (Å²) < 4.78 is 5.99. The highest BCUT2D eigenvalue weighted by molar-refractivity contribution is 7.17. The van der Waals surface area contributed by atoms with Crippen molar-refractivity contribution in [1.82, 2.24) is 4.90 Å². The van der Waals surface area contributed by atoms with Gasteiger partial charge < -0.3 is 14.7 Å². The molecular formula is C13H14ClNO4S. The van der Waals surface area contributed by atoms with E-state index in [1.807, 2.05) is 6.07 Å². The molecule has 0 unspecified atom stereocenters. The Bertz CT molecular complexity index is 528. The van der Waals surface area contributed by atoms with Gasteiger partial charge in [-0.2, -0.15) is 0 Å². The van der Waals surface area contributed by atoms with Crippen molar-refractivity contribution < 1.29 is 19.4 Å². The molecule has 5 nitrogen and oxygen atoms in total. The first-order valence-electron chi connectivity index (χ1n) is 6.10. The SMILES string of the molecule is O=C(O)C[C@@H]1CN(C(=O)/C=C/c2ccc(Cl)s2)CCO1. The minimum absolute atomic E-state index is 0.0893. The number of halogens is 1. The summed E-state index contributed by atoms with van der Waals surface area (Å²) in [6.45, 7) is 1.15. The second-order valence-corrected chi connectivity index (χ2v) is 6.10. The largest absolute Gasteiger partial charge is 0.481 e. The number of amides is 1. The second-order valence-electron chi connectivity index (χ2n) is 4.35. The summed E-state index contributed by atoms with van der Waals surface area (Å²) in [7, 11) is 0. The number of ether oxygens (including phenoxy) is 1. The van der Waals surface area contributed by atoms with E-state index in [2.05, 4.69) is 0 Å². The molecule has 1 aromatic heterocycles. The van der Waals surface area contributed by atoms with Crippen LogP contribution in [0.5, 0.6) is 0 Å². The topological polar surface area (TPSA) is 66.8 Å². The fraction of sp³-hybridized carbons (Fsp3) is 0.385. The van der Waals surface area contributed by atoms with Crippen LogP contribution in [0.3, 0.4) is 0 Å². The number of rotatable bonds is 4. The zero-order valence-corrected chi connectivity index (χ0v) is 12.2. The molecule has 20 heavy (non-hydrogen) atoms. The minimum atomic E-state index is -0.923. The van der Waals surface area contributed by atoms with Crippen molar-refractivity contribution >= 4 is 40.9 Å². The summed E-state index contributed by atoms with van der Waals surface area (Å²) in [5.74, 6) is -1.07. The van der Waals surface area contributed by atoms with Gasteiger partial charge in [0.2, 0.25) is 5.91 Å². The predicted octanol–water partition coefficient (Wildman–Crippen LogP) is 2.12. The van der Waals surface area contributed by atoms with E-state index in [4.69, 9.17) is 21.4 Å². The third-order valence-corrected chi connectivity index (χ3v) is 4.03. The Kier molecular flexibility index (Phi) is 5.17. The number of carbonyl (C=O) groups is 2. The van der Waals surface area contributed by atoms with Gasteiger partial charge in [0.15, 0.2) is 0 Å². The highest BCUT2D eigenvalue weighted by Gasteiger charge is 2.24. The van der Waals surface area contributed by atoms with Crippen LogP contribution in [0, 0.1) is 0 Å². The Labute approximate surface area is 125 Å². The van der Waals surface area contributed by atoms with Crippen LogP contribution < -0.4 is 0 Å². The van der Waals surface area contributed by atoms with Crippen LogP contribution in [0.4, 0.5) is 0 Å². The van der Waals surface area contributed by atoms with Crippen LogP contribution in [0.1, 0.15) is 11.3 Å². The molecule has 1 atom stereocenters. The number of carboxylic acid groups (broad SMARTS) is 1. The van der Waals surface area contributed by atoms with Gasteiger partial charge in [0, 0.05) is 24.0 Å². The van der Waals surface area contributed by atoms with E-state index in [-0.39, 0.29) is 12.3 Å². The average Bonchev–Trinajstić information content (AvgIpc) is 2.81. The summed E-state index contributed by atoms with van der Waals surface area (Å²) in [5.41, 5.74) is 0. The molecule has 1 aliphatic rings. The zero-order valence-electron chi connectivity index (χ0n) is 10.6. The first-order chi connectivity index (χ1) is 9.54. The Morgan fingerprint density at radius 1 is 1.55 bits per heavy atom. The molecule has 1 aromatic rings. The third kappa shape index (κ3) is 4.33. The molecule has 1 aliphatic heterocycles. The summed E-state index contributed by atoms with van der Waals surface area (Å²) in [6.07, 6.45) is 2.66. The van der Waals surface area contributed by atoms with Crippen molar-refractivity contribution in [1.29, 1.82) is 0 Å². The summed E-state index contributed by atoms with van der Waals surface area (Å²) >= 11 is 7.20. The van der Waals surface area contributed by atoms with Crippen LogP contribution >= 0.6 is 22.9 Å². The lowest BCUT2D eigenvalue weighted by Crippen LogP contribution is -2.45. The van der Waals surface area contributed by atoms with E-state index in [0.29, 0.717) is 24.0 Å². The van der Waals surface area contributed by atoms with Gasteiger partial charge >= 0.3 is 5.97 Å². The van der Waals surface area contributed by atoms with Crippen molar-refractivity contribution in [3.8, 4) is 0 Å². The lowest BCUT2D eigenvalue weighted by Gasteiger charge is -2.31. The molecule has 0 bridgehead atoms. The molecule has 0 aromatic carbocycles. The summed E-state index contributed by atoms with van der Waals surface area (Å²) in [6, 6.07) is 3.61. The summed E-state index contributed by atoms with van der Waals surface area (Å²) in [5, 5.41) is 8.74. The fourth-order valence-electron chi connectivity index (χ4n) is 1.91. The van der Waals surface area contributed by atoms with Crippen molar-refractivity contribution in [3.05, 3.63) is 27.4 Å². The Morgan fingerprint density at radius 3 is 3.00 bits per heavy atom. The minimum Gasteiger partial charge on any atom is -0.481 e. The maximum Gasteiger partial charge on any atom is 0.306 e. The number of thiophene rings is 1. The van der Waals surface area contributed by atoms with E-state index in [9.17, 15) is 9.59 Å². The van der Waals surface area contributed by atoms with E-state index in [1.165, 1.54) is 17.4 Å². The molecular weight excluding hydrogens is 302 g/mol. The molecule has 7 heteroatoms. The number of aliphatic carboxylic acids is 1. The third-order valence-electron chi connectivity index (χ3n) is 2.84. The van der Waals surface area contributed by atoms with Crippen LogP contribution in [-0.4, -0.2) is 47.7 Å². The molecule has 1 saturated heterocycles. The molecule has 0 radical (unpaired) electrons. The van der Waals surface area contributed by atoms with Crippen molar-refractivity contribution in [2.75, 3.05) is 19.7 Å². The molecule has 0 spiro atoms. The highest BCUT2D eigenvalue weighted by atomic mass is 35.5. The van der Waals surface area contributed by atoms with Crippen LogP contribution in [0.25, 0.3) is 6.08 Å². The second kappa shape index (κ2) is 6.88. The Morgan fingerprint density at radius 2 is 2.35 bits per heavy atom. The molecule has 1 fully saturated rings. The number of hydrogen-bond donors (Lipinski definition) is 1. The zero-order chi connectivity index (χ0) is 14.5. The maximum absolute atomic E-state index is 12.0. The molecule has 0 aliphatic carbocycles. The van der Waals surface area contributed by atoms with Crippen LogP contribution in [0.2, 0.25) is 4.34 Å². The Balaban J connectivity index is 1.91. The quantitative estimate of drug-likeness (QED) is 0.864. The number of hydrogen-bond acceptors (Lipinski definition) is 4. The average molecular weight is 316 g/mol. The molecule has 2 heterocycles. The van der Waals surface area contributed by atoms with Gasteiger partial charge in [-0.05, 0) is 18.2 Å². The molecule has 1 N–H and O–H groups in total. The van der Waals surface area contributed by atoms with Gasteiger partial charge in [-0.15, -0.1) is 11.3 Å². The van der Waals surface area contributed by atoms with Crippen molar-refractivity contribution in [3.63, 3.8) is 0 Å². The maximum atomic E-state index is 12.0. The summed E-state index contributed by atoms with van der Waals surface area (Å²) in [4.78, 5) is 25.2. The van der Waals surface area contributed by atoms with E-state index in [1.54, 1.807) is 17.0 Å². The van der Waals surface area contributed by atoms with E-state index < -0.39 is 12.1 Å². The van der Waals surface area contributed by atoms with Crippen LogP contribution in [-0.2, 0) is 14.3 Å². The van der Waals surface area contributed by atoms with Gasteiger partial charge in [0.05, 0.1) is 23.5 Å². The first-order valence-corrected chi connectivity index (χ1v) is 7.30. The van der Waals surface area contributed by atoms with Gasteiger partial charge in [0.1, 0.15) is 0 Å².